The van der Waals surface area contributed by atoms with Crippen LogP contribution in [0.4, 0.5) is 11.4 Å². The Morgan fingerprint density at radius 1 is 0.885 bits per heavy atom. The average Bonchev–Trinajstić information content (AvgIpc) is 3.08. The fraction of sp³-hybridized carbons (Fsp3) is 0.136. The molecule has 0 aliphatic heterocycles. The van der Waals surface area contributed by atoms with Crippen molar-refractivity contribution in [2.24, 2.45) is 0 Å². The first-order valence-corrected chi connectivity index (χ1v) is 9.18. The van der Waals surface area contributed by atoms with E-state index in [0.29, 0.717) is 0 Å². The van der Waals surface area contributed by atoms with E-state index in [1.165, 1.54) is 22.0 Å². The Kier molecular flexibility index (Phi) is 4.89. The van der Waals surface area contributed by atoms with E-state index < -0.39 is 0 Å². The minimum absolute atomic E-state index is 0.808. The molecule has 4 rings (SSSR count). The number of nitrogens with one attached hydrogen (secondary N) is 2. The number of nitrogens with zero attached hydrogens (tertiary/aromatic N) is 1. The third-order valence-corrected chi connectivity index (χ3v) is 4.94. The van der Waals surface area contributed by atoms with Gasteiger partial charge in [0.15, 0.2) is 0 Å². The molecule has 0 fully saturated rings. The summed E-state index contributed by atoms with van der Waals surface area (Å²) >= 11 is 6.49. The average molecular weight is 362 g/mol. The van der Waals surface area contributed by atoms with Gasteiger partial charge in [0.05, 0.1) is 0 Å². The van der Waals surface area contributed by atoms with Crippen molar-refractivity contribution in [2.75, 3.05) is 5.32 Å². The Bertz CT molecular complexity index is 1010. The monoisotopic (exact) mass is 361 g/mol. The molecule has 3 nitrogen and oxygen atoms in total. The predicted molar refractivity (Wildman–Crippen MR) is 109 cm³/mol. The predicted octanol–water partition coefficient (Wildman–Crippen LogP) is 6.14. The van der Waals surface area contributed by atoms with Crippen LogP contribution in [0.15, 0.2) is 73.2 Å². The lowest BCUT2D eigenvalue weighted by molar-refractivity contribution is 0.825. The van der Waals surface area contributed by atoms with Crippen molar-refractivity contribution in [1.82, 2.24) is 9.97 Å². The molecule has 0 radical (unpaired) electrons. The molecule has 0 saturated carbocycles. The Morgan fingerprint density at radius 2 is 1.69 bits per heavy atom. The molecule has 0 bridgehead atoms. The second-order valence-corrected chi connectivity index (χ2v) is 6.79. The molecular formula is C22H20ClN3. The summed E-state index contributed by atoms with van der Waals surface area (Å²) in [4.78, 5) is 7.36. The molecule has 0 saturated heterocycles. The Morgan fingerprint density at radius 3 is 2.54 bits per heavy atom. The minimum Gasteiger partial charge on any atom is -0.361 e. The maximum Gasteiger partial charge on any atom is 0.0458 e. The van der Waals surface area contributed by atoms with Crippen LogP contribution >= 0.6 is 11.6 Å². The van der Waals surface area contributed by atoms with E-state index >= 15 is 0 Å². The number of fused-ring (bicyclic) bond motifs is 1. The van der Waals surface area contributed by atoms with Gasteiger partial charge in [0.25, 0.3) is 0 Å². The van der Waals surface area contributed by atoms with Gasteiger partial charge < -0.3 is 10.3 Å². The first kappa shape index (κ1) is 16.7. The number of aromatic nitrogens is 2. The first-order chi connectivity index (χ1) is 12.8. The van der Waals surface area contributed by atoms with Gasteiger partial charge in [-0.15, -0.1) is 0 Å². The zero-order valence-corrected chi connectivity index (χ0v) is 15.1. The second-order valence-electron chi connectivity index (χ2n) is 6.38. The molecule has 0 amide bonds. The van der Waals surface area contributed by atoms with Crippen LogP contribution in [0, 0.1) is 0 Å². The van der Waals surface area contributed by atoms with Crippen LogP contribution in [-0.4, -0.2) is 9.97 Å². The quantitative estimate of drug-likeness (QED) is 0.433. The summed E-state index contributed by atoms with van der Waals surface area (Å²) in [5.41, 5.74) is 5.75. The standard InChI is InChI=1S/C22H20ClN3/c23-21-14-19(26-18-10-12-24-13-11-18)9-8-16(21)4-3-5-17-15-25-22-7-2-1-6-20(17)22/h1-2,6-15,25H,3-5H2,(H,24,26). The number of hydrogen-bond donors (Lipinski definition) is 2. The number of halogens is 1. The van der Waals surface area contributed by atoms with Crippen molar-refractivity contribution in [3.8, 4) is 0 Å². The van der Waals surface area contributed by atoms with Crippen molar-refractivity contribution >= 4 is 33.9 Å². The van der Waals surface area contributed by atoms with Crippen molar-refractivity contribution in [1.29, 1.82) is 0 Å². The number of pyridine rings is 1. The van der Waals surface area contributed by atoms with Gasteiger partial charge in [-0.1, -0.05) is 35.9 Å². The topological polar surface area (TPSA) is 40.7 Å². The van der Waals surface area contributed by atoms with Crippen molar-refractivity contribution in [3.63, 3.8) is 0 Å². The van der Waals surface area contributed by atoms with Crippen LogP contribution in [0.1, 0.15) is 17.5 Å². The highest BCUT2D eigenvalue weighted by Crippen LogP contribution is 2.26. The summed E-state index contributed by atoms with van der Waals surface area (Å²) in [6, 6.07) is 18.5. The number of aryl methyl sites for hydroxylation is 2. The molecule has 0 aliphatic carbocycles. The zero-order valence-electron chi connectivity index (χ0n) is 14.4. The van der Waals surface area contributed by atoms with Crippen molar-refractivity contribution in [2.45, 2.75) is 19.3 Å². The minimum atomic E-state index is 0.808. The van der Waals surface area contributed by atoms with Gasteiger partial charge in [-0.25, -0.2) is 0 Å². The van der Waals surface area contributed by atoms with E-state index in [1.807, 2.05) is 18.2 Å². The highest BCUT2D eigenvalue weighted by molar-refractivity contribution is 6.31. The smallest absolute Gasteiger partial charge is 0.0458 e. The van der Waals surface area contributed by atoms with E-state index in [1.54, 1.807) is 12.4 Å². The third kappa shape index (κ3) is 3.73. The van der Waals surface area contributed by atoms with Crippen molar-refractivity contribution in [3.05, 3.63) is 89.3 Å². The summed E-state index contributed by atoms with van der Waals surface area (Å²) in [6.45, 7) is 0. The van der Waals surface area contributed by atoms with Crippen LogP contribution in [0.25, 0.3) is 10.9 Å². The molecule has 0 unspecified atom stereocenters. The number of para-hydroxylation sites is 1. The van der Waals surface area contributed by atoms with E-state index in [-0.39, 0.29) is 0 Å². The summed E-state index contributed by atoms with van der Waals surface area (Å²) < 4.78 is 0. The van der Waals surface area contributed by atoms with Crippen LogP contribution < -0.4 is 5.32 Å². The summed E-state index contributed by atoms with van der Waals surface area (Å²) in [5.74, 6) is 0. The molecule has 4 heteroatoms. The fourth-order valence-corrected chi connectivity index (χ4v) is 3.51. The van der Waals surface area contributed by atoms with E-state index in [2.05, 4.69) is 57.9 Å². The van der Waals surface area contributed by atoms with Gasteiger partial charge in [-0.2, -0.15) is 0 Å². The molecule has 2 heterocycles. The lowest BCUT2D eigenvalue weighted by Crippen LogP contribution is -1.94. The highest BCUT2D eigenvalue weighted by atomic mass is 35.5. The molecule has 130 valence electrons. The van der Waals surface area contributed by atoms with Gasteiger partial charge in [0, 0.05) is 45.9 Å². The second kappa shape index (κ2) is 7.63. The highest BCUT2D eigenvalue weighted by Gasteiger charge is 2.06. The largest absolute Gasteiger partial charge is 0.361 e. The van der Waals surface area contributed by atoms with E-state index in [4.69, 9.17) is 11.6 Å². The zero-order chi connectivity index (χ0) is 17.8. The molecule has 26 heavy (non-hydrogen) atoms. The SMILES string of the molecule is Clc1cc(Nc2ccncc2)ccc1CCCc1c[nH]c2ccccc12. The van der Waals surface area contributed by atoms with Gasteiger partial charge in [-0.05, 0) is 60.7 Å². The van der Waals surface area contributed by atoms with Gasteiger partial charge in [-0.3, -0.25) is 4.98 Å². The maximum absolute atomic E-state index is 6.49. The lowest BCUT2D eigenvalue weighted by Gasteiger charge is -2.09. The summed E-state index contributed by atoms with van der Waals surface area (Å²) in [6.07, 6.45) is 8.73. The number of rotatable bonds is 6. The fourth-order valence-electron chi connectivity index (χ4n) is 3.24. The molecule has 0 spiro atoms. The Hall–Kier alpha value is -2.78. The molecule has 0 atom stereocenters. The van der Waals surface area contributed by atoms with Gasteiger partial charge >= 0.3 is 0 Å². The third-order valence-electron chi connectivity index (χ3n) is 4.59. The summed E-state index contributed by atoms with van der Waals surface area (Å²) in [5, 5.41) is 5.47. The molecule has 2 N–H and O–H groups in total. The molecule has 0 aliphatic rings. The van der Waals surface area contributed by atoms with E-state index in [0.717, 1.165) is 35.7 Å². The normalized spacial score (nSPS) is 11.0. The van der Waals surface area contributed by atoms with Gasteiger partial charge in [0.1, 0.15) is 0 Å². The van der Waals surface area contributed by atoms with Crippen molar-refractivity contribution < 1.29 is 0 Å². The number of H-pyrrole nitrogens is 1. The number of anilines is 2. The number of benzene rings is 2. The number of aromatic amines is 1. The Balaban J connectivity index is 1.39. The molecule has 2 aromatic carbocycles. The lowest BCUT2D eigenvalue weighted by atomic mass is 10.0. The molecule has 4 aromatic rings. The van der Waals surface area contributed by atoms with E-state index in [9.17, 15) is 0 Å². The first-order valence-electron chi connectivity index (χ1n) is 8.80. The van der Waals surface area contributed by atoms with Crippen LogP contribution in [0.5, 0.6) is 0 Å². The van der Waals surface area contributed by atoms with Crippen LogP contribution in [0.2, 0.25) is 5.02 Å². The van der Waals surface area contributed by atoms with Crippen LogP contribution in [-0.2, 0) is 12.8 Å². The van der Waals surface area contributed by atoms with Crippen LogP contribution in [0.3, 0.4) is 0 Å². The molecular weight excluding hydrogens is 342 g/mol. The maximum atomic E-state index is 6.49. The summed E-state index contributed by atoms with van der Waals surface area (Å²) in [7, 11) is 0. The molecule has 2 aromatic heterocycles. The Labute approximate surface area is 158 Å². The van der Waals surface area contributed by atoms with Gasteiger partial charge in [0.2, 0.25) is 0 Å². The number of hydrogen-bond acceptors (Lipinski definition) is 2.